The van der Waals surface area contributed by atoms with Crippen molar-refractivity contribution in [2.24, 2.45) is 0 Å². The second kappa shape index (κ2) is 14.3. The summed E-state index contributed by atoms with van der Waals surface area (Å²) >= 11 is 1.85. The first-order valence-corrected chi connectivity index (χ1v) is 22.3. The van der Waals surface area contributed by atoms with Crippen molar-refractivity contribution in [2.75, 3.05) is 0 Å². The molecule has 0 radical (unpaired) electrons. The lowest BCUT2D eigenvalue weighted by atomic mass is 9.95. The molecule has 0 unspecified atom stereocenters. The molecule has 3 nitrogen and oxygen atoms in total. The molecular weight excluding hydrogens is 783 g/mol. The molecule has 0 saturated carbocycles. The second-order valence-corrected chi connectivity index (χ2v) is 17.4. The molecule has 13 aromatic rings. The molecule has 13 rings (SSSR count). The molecule has 0 N–H and O–H groups in total. The first-order valence-electron chi connectivity index (χ1n) is 21.5. The van der Waals surface area contributed by atoms with Crippen LogP contribution >= 0.6 is 11.3 Å². The smallest absolute Gasteiger partial charge is 0.0737 e. The molecule has 0 fully saturated rings. The van der Waals surface area contributed by atoms with Gasteiger partial charge in [0.1, 0.15) is 0 Å². The number of thiophene rings is 1. The van der Waals surface area contributed by atoms with Crippen LogP contribution in [0.1, 0.15) is 0 Å². The molecule has 4 heteroatoms. The van der Waals surface area contributed by atoms with E-state index in [1.165, 1.54) is 86.0 Å². The van der Waals surface area contributed by atoms with E-state index in [4.69, 9.17) is 4.98 Å². The summed E-state index contributed by atoms with van der Waals surface area (Å²) in [5, 5.41) is 7.43. The molecule has 9 aromatic carbocycles. The monoisotopic (exact) mass is 819 g/mol. The van der Waals surface area contributed by atoms with Crippen LogP contribution in [0.25, 0.3) is 120 Å². The summed E-state index contributed by atoms with van der Waals surface area (Å²) in [6.07, 6.45) is 0. The minimum atomic E-state index is 0.944. The van der Waals surface area contributed by atoms with Gasteiger partial charge >= 0.3 is 0 Å². The van der Waals surface area contributed by atoms with E-state index in [0.29, 0.717) is 0 Å². The highest BCUT2D eigenvalue weighted by Crippen LogP contribution is 2.45. The van der Waals surface area contributed by atoms with Gasteiger partial charge in [-0.25, -0.2) is 4.98 Å². The third-order valence-corrected chi connectivity index (χ3v) is 13.8. The largest absolute Gasteiger partial charge is 0.309 e. The van der Waals surface area contributed by atoms with E-state index in [1.54, 1.807) is 0 Å². The Kier molecular flexibility index (Phi) is 8.08. The van der Waals surface area contributed by atoms with E-state index < -0.39 is 0 Å². The molecule has 4 heterocycles. The van der Waals surface area contributed by atoms with Gasteiger partial charge in [0.15, 0.2) is 0 Å². The van der Waals surface area contributed by atoms with E-state index in [2.05, 4.69) is 234 Å². The van der Waals surface area contributed by atoms with Crippen LogP contribution in [0.4, 0.5) is 0 Å². The van der Waals surface area contributed by atoms with Gasteiger partial charge in [0.25, 0.3) is 0 Å². The third kappa shape index (κ3) is 5.69. The fraction of sp³-hybridized carbons (Fsp3) is 0. The Bertz CT molecular complexity index is 3840. The van der Waals surface area contributed by atoms with Crippen molar-refractivity contribution < 1.29 is 0 Å². The number of rotatable bonds is 6. The van der Waals surface area contributed by atoms with Crippen LogP contribution in [-0.4, -0.2) is 14.1 Å². The fourth-order valence-electron chi connectivity index (χ4n) is 9.91. The van der Waals surface area contributed by atoms with Crippen LogP contribution in [0.5, 0.6) is 0 Å². The van der Waals surface area contributed by atoms with Crippen molar-refractivity contribution in [3.63, 3.8) is 0 Å². The van der Waals surface area contributed by atoms with Gasteiger partial charge in [0, 0.05) is 64.1 Å². The highest BCUT2D eigenvalue weighted by atomic mass is 32.1. The van der Waals surface area contributed by atoms with Crippen molar-refractivity contribution in [3.05, 3.63) is 224 Å². The molecule has 63 heavy (non-hydrogen) atoms. The highest BCUT2D eigenvalue weighted by Gasteiger charge is 2.21. The number of aromatic nitrogens is 3. The van der Waals surface area contributed by atoms with Gasteiger partial charge < -0.3 is 9.13 Å². The maximum Gasteiger partial charge on any atom is 0.0737 e. The van der Waals surface area contributed by atoms with Crippen molar-refractivity contribution in [3.8, 4) is 56.1 Å². The van der Waals surface area contributed by atoms with Crippen LogP contribution in [0.2, 0.25) is 0 Å². The molecule has 4 aromatic heterocycles. The number of hydrogen-bond acceptors (Lipinski definition) is 2. The van der Waals surface area contributed by atoms with Crippen LogP contribution < -0.4 is 0 Å². The summed E-state index contributed by atoms with van der Waals surface area (Å²) in [5.41, 5.74) is 15.9. The summed E-state index contributed by atoms with van der Waals surface area (Å²) in [7, 11) is 0. The highest BCUT2D eigenvalue weighted by molar-refractivity contribution is 7.26. The second-order valence-electron chi connectivity index (χ2n) is 16.3. The van der Waals surface area contributed by atoms with Gasteiger partial charge in [-0.3, -0.25) is 0 Å². The summed E-state index contributed by atoms with van der Waals surface area (Å²) < 4.78 is 7.36. The molecular formula is C59H37N3S. The minimum Gasteiger partial charge on any atom is -0.309 e. The standard InChI is InChI=1S/C59H37N3S/c1-4-17-38(18-5-1)41-33-49(39-19-6-2-7-20-39)59-50(34-41)46-25-12-15-29-55(46)62(59)42-31-32-48-57(37-42)63-56-30-16-26-47(58(48)56)52-36-43(35-51(60-52)40-21-8-3-9-22-40)61-53-27-13-10-23-44(53)45-24-11-14-28-54(45)61/h1-37H. The first kappa shape index (κ1) is 35.7. The lowest BCUT2D eigenvalue weighted by Gasteiger charge is -2.14. The Morgan fingerprint density at radius 1 is 0.317 bits per heavy atom. The molecule has 0 saturated heterocycles. The molecule has 0 aliphatic carbocycles. The zero-order valence-corrected chi connectivity index (χ0v) is 34.9. The van der Waals surface area contributed by atoms with Gasteiger partial charge in [-0.1, -0.05) is 164 Å². The van der Waals surface area contributed by atoms with Gasteiger partial charge in [-0.2, -0.15) is 0 Å². The predicted molar refractivity (Wildman–Crippen MR) is 268 cm³/mol. The van der Waals surface area contributed by atoms with Gasteiger partial charge in [-0.15, -0.1) is 11.3 Å². The summed E-state index contributed by atoms with van der Waals surface area (Å²) in [6, 6.07) is 81.5. The van der Waals surface area contributed by atoms with Crippen LogP contribution in [0, 0.1) is 0 Å². The number of hydrogen-bond donors (Lipinski definition) is 0. The summed E-state index contributed by atoms with van der Waals surface area (Å²) in [5.74, 6) is 0. The van der Waals surface area contributed by atoms with Crippen molar-refractivity contribution >= 4 is 75.1 Å². The summed E-state index contributed by atoms with van der Waals surface area (Å²) in [4.78, 5) is 5.46. The number of para-hydroxylation sites is 3. The maximum atomic E-state index is 5.46. The summed E-state index contributed by atoms with van der Waals surface area (Å²) in [6.45, 7) is 0. The number of fused-ring (bicyclic) bond motifs is 9. The normalized spacial score (nSPS) is 11.8. The van der Waals surface area contributed by atoms with Crippen LogP contribution in [0.3, 0.4) is 0 Å². The first-order chi connectivity index (χ1) is 31.2. The Morgan fingerprint density at radius 3 is 1.57 bits per heavy atom. The van der Waals surface area contributed by atoms with Crippen LogP contribution in [-0.2, 0) is 0 Å². The molecule has 0 atom stereocenters. The topological polar surface area (TPSA) is 22.8 Å². The quantitative estimate of drug-likeness (QED) is 0.164. The van der Waals surface area contributed by atoms with Crippen molar-refractivity contribution in [2.45, 2.75) is 0 Å². The lowest BCUT2D eigenvalue weighted by Crippen LogP contribution is -1.98. The molecule has 0 aliphatic heterocycles. The van der Waals surface area contributed by atoms with E-state index >= 15 is 0 Å². The zero-order valence-electron chi connectivity index (χ0n) is 34.1. The fourth-order valence-corrected chi connectivity index (χ4v) is 11.1. The number of pyridine rings is 1. The van der Waals surface area contributed by atoms with E-state index in [1.807, 2.05) is 11.3 Å². The minimum absolute atomic E-state index is 0.944. The van der Waals surface area contributed by atoms with Crippen molar-refractivity contribution in [1.29, 1.82) is 0 Å². The zero-order chi connectivity index (χ0) is 41.4. The van der Waals surface area contributed by atoms with E-state index in [9.17, 15) is 0 Å². The SMILES string of the molecule is c1ccc(-c2cc(-c3ccccc3)c3c(c2)c2ccccc2n3-c2ccc3c(c2)sc2cccc(-c4cc(-n5c6ccccc6c6ccccc65)cc(-c5ccccc5)n4)c23)cc1. The third-order valence-electron chi connectivity index (χ3n) is 12.7. The Labute approximate surface area is 368 Å². The molecule has 0 bridgehead atoms. The Hall–Kier alpha value is -8.05. The van der Waals surface area contributed by atoms with Gasteiger partial charge in [-0.05, 0) is 77.4 Å². The van der Waals surface area contributed by atoms with E-state index in [0.717, 1.165) is 33.9 Å². The number of benzene rings is 9. The van der Waals surface area contributed by atoms with Crippen LogP contribution in [0.15, 0.2) is 224 Å². The molecule has 0 amide bonds. The molecule has 0 spiro atoms. The van der Waals surface area contributed by atoms with Crippen molar-refractivity contribution in [1.82, 2.24) is 14.1 Å². The molecule has 294 valence electrons. The lowest BCUT2D eigenvalue weighted by molar-refractivity contribution is 1.16. The maximum absolute atomic E-state index is 5.46. The average molecular weight is 820 g/mol. The predicted octanol–water partition coefficient (Wildman–Crippen LogP) is 16.3. The molecule has 0 aliphatic rings. The average Bonchev–Trinajstić information content (AvgIpc) is 4.02. The Balaban J connectivity index is 1.04. The van der Waals surface area contributed by atoms with Gasteiger partial charge in [0.05, 0.1) is 39.1 Å². The number of nitrogens with zero attached hydrogens (tertiary/aromatic N) is 3. The Morgan fingerprint density at radius 2 is 0.889 bits per heavy atom. The van der Waals surface area contributed by atoms with E-state index in [-0.39, 0.29) is 0 Å². The van der Waals surface area contributed by atoms with Gasteiger partial charge in [0.2, 0.25) is 0 Å².